The van der Waals surface area contributed by atoms with Gasteiger partial charge in [0.25, 0.3) is 0 Å². The van der Waals surface area contributed by atoms with Gasteiger partial charge >= 0.3 is 0 Å². The number of benzene rings is 1. The van der Waals surface area contributed by atoms with Crippen molar-refractivity contribution in [2.45, 2.75) is 43.7 Å². The lowest BCUT2D eigenvalue weighted by molar-refractivity contribution is -0.115. The number of aromatic nitrogens is 2. The molecular formula is C26H29ClN4O3. The predicted molar refractivity (Wildman–Crippen MR) is 132 cm³/mol. The molecule has 7 nitrogen and oxygen atoms in total. The fourth-order valence-electron chi connectivity index (χ4n) is 5.09. The summed E-state index contributed by atoms with van der Waals surface area (Å²) in [5.74, 6) is 0.748. The van der Waals surface area contributed by atoms with Gasteiger partial charge in [0.2, 0.25) is 5.91 Å². The van der Waals surface area contributed by atoms with Crippen molar-refractivity contribution < 1.29 is 14.6 Å². The molecule has 5 rings (SSSR count). The molecule has 8 heteroatoms. The normalized spacial score (nSPS) is 23.9. The molecule has 34 heavy (non-hydrogen) atoms. The second-order valence-corrected chi connectivity index (χ2v) is 9.93. The molecule has 2 aliphatic rings. The number of rotatable bonds is 5. The van der Waals surface area contributed by atoms with Crippen LogP contribution in [0.2, 0.25) is 5.02 Å². The number of pyridine rings is 2. The first kappa shape index (κ1) is 23.2. The fourth-order valence-corrected chi connectivity index (χ4v) is 5.42. The number of amides is 1. The Kier molecular flexibility index (Phi) is 6.53. The van der Waals surface area contributed by atoms with Crippen LogP contribution in [0.25, 0.3) is 10.8 Å². The smallest absolute Gasteiger partial charge is 0.229 e. The van der Waals surface area contributed by atoms with Crippen molar-refractivity contribution in [2.75, 3.05) is 31.6 Å². The van der Waals surface area contributed by atoms with Gasteiger partial charge in [-0.15, -0.1) is 0 Å². The largest absolute Gasteiger partial charge is 0.389 e. The van der Waals surface area contributed by atoms with Gasteiger partial charge in [0.15, 0.2) is 0 Å². The molecule has 2 fully saturated rings. The van der Waals surface area contributed by atoms with E-state index in [4.69, 9.17) is 16.3 Å². The van der Waals surface area contributed by atoms with Gasteiger partial charge in [0.05, 0.1) is 31.3 Å². The average Bonchev–Trinajstić information content (AvgIpc) is 3.18. The van der Waals surface area contributed by atoms with E-state index >= 15 is 0 Å². The molecule has 2 saturated heterocycles. The lowest BCUT2D eigenvalue weighted by atomic mass is 9.85. The summed E-state index contributed by atoms with van der Waals surface area (Å²) >= 11 is 6.69. The van der Waals surface area contributed by atoms with E-state index in [-0.39, 0.29) is 17.9 Å². The molecule has 0 unspecified atom stereocenters. The van der Waals surface area contributed by atoms with Gasteiger partial charge < -0.3 is 15.2 Å². The second-order valence-electron chi connectivity index (χ2n) is 9.52. The molecule has 1 aromatic carbocycles. The first-order valence-electron chi connectivity index (χ1n) is 11.7. The van der Waals surface area contributed by atoms with Crippen LogP contribution in [-0.4, -0.2) is 63.8 Å². The Morgan fingerprint density at radius 1 is 1.24 bits per heavy atom. The zero-order valence-electron chi connectivity index (χ0n) is 19.2. The number of nitrogens with one attached hydrogen (secondary N) is 1. The van der Waals surface area contributed by atoms with Crippen molar-refractivity contribution >= 4 is 34.1 Å². The molecule has 3 aromatic rings. The highest BCUT2D eigenvalue weighted by Crippen LogP contribution is 2.38. The third-order valence-electron chi connectivity index (χ3n) is 7.26. The molecular weight excluding hydrogens is 452 g/mol. The van der Waals surface area contributed by atoms with Gasteiger partial charge in [-0.1, -0.05) is 11.6 Å². The van der Waals surface area contributed by atoms with Crippen LogP contribution in [0.1, 0.15) is 36.8 Å². The summed E-state index contributed by atoms with van der Waals surface area (Å²) in [7, 11) is 0. The van der Waals surface area contributed by atoms with Crippen LogP contribution in [0.5, 0.6) is 0 Å². The number of hydrogen-bond acceptors (Lipinski definition) is 6. The van der Waals surface area contributed by atoms with Gasteiger partial charge in [-0.25, -0.2) is 4.98 Å². The summed E-state index contributed by atoms with van der Waals surface area (Å²) in [6.45, 7) is 4.84. The van der Waals surface area contributed by atoms with E-state index in [1.807, 2.05) is 24.3 Å². The zero-order valence-corrected chi connectivity index (χ0v) is 20.0. The Morgan fingerprint density at radius 2 is 2.00 bits per heavy atom. The fraction of sp³-hybridized carbons (Fsp3) is 0.423. The predicted octanol–water partition coefficient (Wildman–Crippen LogP) is 3.79. The van der Waals surface area contributed by atoms with Crippen molar-refractivity contribution in [1.82, 2.24) is 14.9 Å². The van der Waals surface area contributed by atoms with E-state index in [0.717, 1.165) is 52.9 Å². The second kappa shape index (κ2) is 9.58. The molecule has 2 aliphatic heterocycles. The molecule has 178 valence electrons. The maximum Gasteiger partial charge on any atom is 0.229 e. The summed E-state index contributed by atoms with van der Waals surface area (Å²) in [6.07, 6.45) is 6.85. The molecule has 4 heterocycles. The highest BCUT2D eigenvalue weighted by Gasteiger charge is 2.45. The minimum absolute atomic E-state index is 0.119. The SMILES string of the molecule is C[C@]1(N2CCC(c3cc4cc(NC(=O)Cc5ccncc5)ncc4cc3Cl)CC2)COC[C@H]1O. The minimum atomic E-state index is -0.451. The van der Waals surface area contributed by atoms with Crippen molar-refractivity contribution in [3.63, 3.8) is 0 Å². The number of carbonyl (C=O) groups is 1. The topological polar surface area (TPSA) is 87.6 Å². The molecule has 0 aliphatic carbocycles. The van der Waals surface area contributed by atoms with E-state index in [0.29, 0.717) is 24.9 Å². The highest BCUT2D eigenvalue weighted by atomic mass is 35.5. The van der Waals surface area contributed by atoms with Crippen LogP contribution in [-0.2, 0) is 16.0 Å². The third kappa shape index (κ3) is 4.66. The lowest BCUT2D eigenvalue weighted by Crippen LogP contribution is -2.56. The van der Waals surface area contributed by atoms with E-state index in [9.17, 15) is 9.90 Å². The Labute approximate surface area is 204 Å². The number of aliphatic hydroxyl groups is 1. The van der Waals surface area contributed by atoms with E-state index in [1.54, 1.807) is 18.6 Å². The first-order chi connectivity index (χ1) is 16.4. The van der Waals surface area contributed by atoms with Crippen molar-refractivity contribution in [1.29, 1.82) is 0 Å². The van der Waals surface area contributed by atoms with Gasteiger partial charge in [-0.3, -0.25) is 14.7 Å². The number of piperidine rings is 1. The Morgan fingerprint density at radius 3 is 2.71 bits per heavy atom. The maximum absolute atomic E-state index is 12.5. The Balaban J connectivity index is 1.30. The number of fused-ring (bicyclic) bond motifs is 1. The van der Waals surface area contributed by atoms with Gasteiger partial charge in [0, 0.05) is 29.0 Å². The molecule has 0 radical (unpaired) electrons. The number of nitrogens with zero attached hydrogens (tertiary/aromatic N) is 3. The molecule has 2 aromatic heterocycles. The molecule has 1 amide bonds. The van der Waals surface area contributed by atoms with Gasteiger partial charge in [0.1, 0.15) is 5.82 Å². The number of likely N-dealkylation sites (tertiary alicyclic amines) is 1. The monoisotopic (exact) mass is 480 g/mol. The molecule has 2 atom stereocenters. The first-order valence-corrected chi connectivity index (χ1v) is 12.1. The van der Waals surface area contributed by atoms with Crippen molar-refractivity contribution in [3.8, 4) is 0 Å². The maximum atomic E-state index is 12.5. The molecule has 2 N–H and O–H groups in total. The van der Waals surface area contributed by atoms with Gasteiger partial charge in [-0.05, 0) is 85.6 Å². The molecule has 0 saturated carbocycles. The van der Waals surface area contributed by atoms with Crippen molar-refractivity contribution in [2.24, 2.45) is 0 Å². The molecule has 0 spiro atoms. The van der Waals surface area contributed by atoms with Crippen LogP contribution in [0.3, 0.4) is 0 Å². The summed E-state index contributed by atoms with van der Waals surface area (Å²) in [6, 6.07) is 9.65. The summed E-state index contributed by atoms with van der Waals surface area (Å²) in [5.41, 5.74) is 1.72. The summed E-state index contributed by atoms with van der Waals surface area (Å²) < 4.78 is 5.52. The Bertz CT molecular complexity index is 1180. The minimum Gasteiger partial charge on any atom is -0.389 e. The standard InChI is InChI=1S/C26H29ClN4O3/c1-26(16-34-15-23(26)32)31-8-4-18(5-9-31)21-11-19-13-24(29-14-20(19)12-22(21)27)30-25(33)10-17-2-6-28-7-3-17/h2-3,6-7,11-14,18,23,32H,4-5,8-10,15-16H2,1H3,(H,29,30,33)/t23-,26+/m1/s1. The summed E-state index contributed by atoms with van der Waals surface area (Å²) in [5, 5.41) is 16.0. The van der Waals surface area contributed by atoms with Gasteiger partial charge in [-0.2, -0.15) is 0 Å². The number of ether oxygens (including phenoxy) is 1. The molecule has 0 bridgehead atoms. The number of anilines is 1. The van der Waals surface area contributed by atoms with E-state index in [2.05, 4.69) is 33.2 Å². The van der Waals surface area contributed by atoms with Crippen LogP contribution >= 0.6 is 11.6 Å². The van der Waals surface area contributed by atoms with Crippen LogP contribution < -0.4 is 5.32 Å². The highest BCUT2D eigenvalue weighted by molar-refractivity contribution is 6.32. The number of hydrogen-bond donors (Lipinski definition) is 2. The number of carbonyl (C=O) groups excluding carboxylic acids is 1. The third-order valence-corrected chi connectivity index (χ3v) is 7.59. The lowest BCUT2D eigenvalue weighted by Gasteiger charge is -2.43. The quantitative estimate of drug-likeness (QED) is 0.577. The van der Waals surface area contributed by atoms with Crippen LogP contribution in [0, 0.1) is 0 Å². The van der Waals surface area contributed by atoms with Crippen LogP contribution in [0.15, 0.2) is 48.9 Å². The average molecular weight is 481 g/mol. The number of aliphatic hydroxyl groups excluding tert-OH is 1. The van der Waals surface area contributed by atoms with E-state index in [1.165, 1.54) is 0 Å². The van der Waals surface area contributed by atoms with Crippen LogP contribution in [0.4, 0.5) is 5.82 Å². The van der Waals surface area contributed by atoms with Crippen molar-refractivity contribution in [3.05, 3.63) is 65.1 Å². The Hall–Kier alpha value is -2.58. The number of halogens is 1. The summed E-state index contributed by atoms with van der Waals surface area (Å²) in [4.78, 5) is 23.2. The van der Waals surface area contributed by atoms with E-state index < -0.39 is 6.10 Å². The zero-order chi connectivity index (χ0) is 23.7.